The van der Waals surface area contributed by atoms with Crippen molar-refractivity contribution < 1.29 is 0 Å². The Labute approximate surface area is 136 Å². The van der Waals surface area contributed by atoms with Gasteiger partial charge in [-0.2, -0.15) is 5.10 Å². The monoisotopic (exact) mass is 361 g/mol. The summed E-state index contributed by atoms with van der Waals surface area (Å²) in [6, 6.07) is 15.9. The van der Waals surface area contributed by atoms with Gasteiger partial charge in [-0.15, -0.1) is 0 Å². The van der Waals surface area contributed by atoms with Crippen LogP contribution in [0.25, 0.3) is 5.69 Å². The van der Waals surface area contributed by atoms with Gasteiger partial charge in [-0.05, 0) is 35.9 Å². The number of rotatable bonds is 4. The van der Waals surface area contributed by atoms with Crippen molar-refractivity contribution in [3.05, 3.63) is 76.0 Å². The molecule has 2 aromatic carbocycles. The zero-order valence-corrected chi connectivity index (χ0v) is 13.5. The van der Waals surface area contributed by atoms with Crippen molar-refractivity contribution in [3.8, 4) is 5.69 Å². The van der Waals surface area contributed by atoms with Crippen molar-refractivity contribution in [2.75, 3.05) is 5.32 Å². The number of hydrogen-bond acceptors (Lipinski definition) is 2. The van der Waals surface area contributed by atoms with Crippen LogP contribution in [0.3, 0.4) is 0 Å². The van der Waals surface area contributed by atoms with Crippen LogP contribution >= 0.6 is 27.5 Å². The number of benzene rings is 2. The second-order valence-electron chi connectivity index (χ2n) is 4.57. The Balaban J connectivity index is 1.88. The molecule has 3 aromatic rings. The minimum atomic E-state index is 0.665. The van der Waals surface area contributed by atoms with Gasteiger partial charge in [0, 0.05) is 23.4 Å². The summed E-state index contributed by atoms with van der Waals surface area (Å²) in [7, 11) is 0. The third-order valence-electron chi connectivity index (χ3n) is 3.09. The van der Waals surface area contributed by atoms with Crippen molar-refractivity contribution >= 4 is 33.2 Å². The zero-order valence-electron chi connectivity index (χ0n) is 11.1. The van der Waals surface area contributed by atoms with Crippen LogP contribution in [0.2, 0.25) is 5.02 Å². The van der Waals surface area contributed by atoms with Crippen molar-refractivity contribution in [2.45, 2.75) is 6.54 Å². The molecule has 0 aliphatic carbocycles. The van der Waals surface area contributed by atoms with Gasteiger partial charge < -0.3 is 5.32 Å². The quantitative estimate of drug-likeness (QED) is 0.715. The van der Waals surface area contributed by atoms with Gasteiger partial charge in [0.2, 0.25) is 0 Å². The molecule has 0 atom stereocenters. The molecule has 3 nitrogen and oxygen atoms in total. The molecule has 21 heavy (non-hydrogen) atoms. The molecule has 3 rings (SSSR count). The second-order valence-corrected chi connectivity index (χ2v) is 5.89. The van der Waals surface area contributed by atoms with E-state index in [2.05, 4.69) is 38.5 Å². The highest BCUT2D eigenvalue weighted by molar-refractivity contribution is 9.10. The first-order chi connectivity index (χ1) is 10.2. The number of aromatic nitrogens is 2. The molecule has 1 aromatic heterocycles. The fourth-order valence-electron chi connectivity index (χ4n) is 2.14. The van der Waals surface area contributed by atoms with E-state index in [9.17, 15) is 0 Å². The highest BCUT2D eigenvalue weighted by atomic mass is 79.9. The Kier molecular flexibility index (Phi) is 4.27. The van der Waals surface area contributed by atoms with Crippen LogP contribution in [-0.4, -0.2) is 9.78 Å². The van der Waals surface area contributed by atoms with Gasteiger partial charge in [-0.1, -0.05) is 45.7 Å². The standard InChI is InChI=1S/C16H13BrClN3/c17-13-5-1-4-12(10-13)11-19-15-7-2-6-14(18)16(15)21-9-3-8-20-21/h1-10,19H,11H2. The summed E-state index contributed by atoms with van der Waals surface area (Å²) in [4.78, 5) is 0. The maximum absolute atomic E-state index is 6.32. The number of anilines is 1. The summed E-state index contributed by atoms with van der Waals surface area (Å²) in [6.07, 6.45) is 3.62. The average Bonchev–Trinajstić information content (AvgIpc) is 2.99. The van der Waals surface area contributed by atoms with Gasteiger partial charge in [0.15, 0.2) is 0 Å². The van der Waals surface area contributed by atoms with Gasteiger partial charge in [-0.25, -0.2) is 4.68 Å². The first kappa shape index (κ1) is 14.2. The third-order valence-corrected chi connectivity index (χ3v) is 3.89. The lowest BCUT2D eigenvalue weighted by atomic mass is 10.2. The third kappa shape index (κ3) is 3.28. The lowest BCUT2D eigenvalue weighted by molar-refractivity contribution is 0.879. The summed E-state index contributed by atoms with van der Waals surface area (Å²) in [6.45, 7) is 0.716. The summed E-state index contributed by atoms with van der Waals surface area (Å²) in [5.41, 5.74) is 3.00. The summed E-state index contributed by atoms with van der Waals surface area (Å²) in [5, 5.41) is 8.35. The van der Waals surface area contributed by atoms with Crippen LogP contribution in [0.1, 0.15) is 5.56 Å². The van der Waals surface area contributed by atoms with Gasteiger partial charge in [0.1, 0.15) is 5.69 Å². The predicted molar refractivity (Wildman–Crippen MR) is 90.0 cm³/mol. The van der Waals surface area contributed by atoms with Crippen molar-refractivity contribution in [1.82, 2.24) is 9.78 Å². The molecule has 1 heterocycles. The van der Waals surface area contributed by atoms with Crippen molar-refractivity contribution in [3.63, 3.8) is 0 Å². The molecule has 0 fully saturated rings. The van der Waals surface area contributed by atoms with E-state index in [-0.39, 0.29) is 0 Å². The van der Waals surface area contributed by atoms with Gasteiger partial charge in [0.05, 0.1) is 10.7 Å². The molecular formula is C16H13BrClN3. The number of halogens is 2. The van der Waals surface area contributed by atoms with Crippen molar-refractivity contribution in [2.24, 2.45) is 0 Å². The Morgan fingerprint density at radius 3 is 2.76 bits per heavy atom. The molecule has 0 aliphatic heterocycles. The molecule has 0 saturated heterocycles. The van der Waals surface area contributed by atoms with E-state index in [0.717, 1.165) is 15.8 Å². The summed E-state index contributed by atoms with van der Waals surface area (Å²) in [5.74, 6) is 0. The SMILES string of the molecule is Clc1cccc(NCc2cccc(Br)c2)c1-n1cccn1. The van der Waals surface area contributed by atoms with E-state index in [1.54, 1.807) is 10.9 Å². The van der Waals surface area contributed by atoms with Gasteiger partial charge in [0.25, 0.3) is 0 Å². The van der Waals surface area contributed by atoms with E-state index in [1.807, 2.05) is 42.6 Å². The maximum atomic E-state index is 6.32. The zero-order chi connectivity index (χ0) is 14.7. The largest absolute Gasteiger partial charge is 0.379 e. The Morgan fingerprint density at radius 2 is 2.00 bits per heavy atom. The molecule has 106 valence electrons. The van der Waals surface area contributed by atoms with Crippen LogP contribution in [0.4, 0.5) is 5.69 Å². The minimum Gasteiger partial charge on any atom is -0.379 e. The fourth-order valence-corrected chi connectivity index (χ4v) is 2.84. The number of nitrogens with one attached hydrogen (secondary N) is 1. The van der Waals surface area contributed by atoms with Crippen LogP contribution < -0.4 is 5.32 Å². The molecule has 5 heteroatoms. The smallest absolute Gasteiger partial charge is 0.106 e. The Hall–Kier alpha value is -1.78. The highest BCUT2D eigenvalue weighted by Gasteiger charge is 2.09. The predicted octanol–water partition coefficient (Wildman–Crippen LogP) is 4.90. The average molecular weight is 363 g/mol. The summed E-state index contributed by atoms with van der Waals surface area (Å²) < 4.78 is 2.84. The van der Waals surface area contributed by atoms with Crippen LogP contribution in [0.5, 0.6) is 0 Å². The van der Waals surface area contributed by atoms with Crippen LogP contribution in [-0.2, 0) is 6.54 Å². The minimum absolute atomic E-state index is 0.665. The number of nitrogens with zero attached hydrogens (tertiary/aromatic N) is 2. The van der Waals surface area contributed by atoms with E-state index < -0.39 is 0 Å². The molecule has 0 amide bonds. The van der Waals surface area contributed by atoms with E-state index in [1.165, 1.54) is 5.56 Å². The van der Waals surface area contributed by atoms with Gasteiger partial charge >= 0.3 is 0 Å². The highest BCUT2D eigenvalue weighted by Crippen LogP contribution is 2.28. The Bertz CT molecular complexity index is 741. The van der Waals surface area contributed by atoms with E-state index in [4.69, 9.17) is 11.6 Å². The molecule has 0 saturated carbocycles. The molecule has 0 bridgehead atoms. The molecule has 0 unspecified atom stereocenters. The van der Waals surface area contributed by atoms with E-state index in [0.29, 0.717) is 11.6 Å². The molecule has 0 spiro atoms. The lowest BCUT2D eigenvalue weighted by Gasteiger charge is -2.13. The second kappa shape index (κ2) is 6.33. The summed E-state index contributed by atoms with van der Waals surface area (Å²) >= 11 is 9.80. The molecule has 0 radical (unpaired) electrons. The molecule has 1 N–H and O–H groups in total. The van der Waals surface area contributed by atoms with Crippen LogP contribution in [0, 0.1) is 0 Å². The van der Waals surface area contributed by atoms with Gasteiger partial charge in [-0.3, -0.25) is 0 Å². The molecule has 0 aliphatic rings. The maximum Gasteiger partial charge on any atom is 0.106 e. The van der Waals surface area contributed by atoms with Crippen LogP contribution in [0.15, 0.2) is 65.4 Å². The fraction of sp³-hybridized carbons (Fsp3) is 0.0625. The molecular weight excluding hydrogens is 350 g/mol. The van der Waals surface area contributed by atoms with Crippen molar-refractivity contribution in [1.29, 1.82) is 0 Å². The first-order valence-corrected chi connectivity index (χ1v) is 7.68. The first-order valence-electron chi connectivity index (χ1n) is 6.51. The Morgan fingerprint density at radius 1 is 1.14 bits per heavy atom. The topological polar surface area (TPSA) is 29.9 Å². The van der Waals surface area contributed by atoms with E-state index >= 15 is 0 Å². The normalized spacial score (nSPS) is 10.6. The number of para-hydroxylation sites is 1. The lowest BCUT2D eigenvalue weighted by Crippen LogP contribution is -2.05. The number of hydrogen-bond donors (Lipinski definition) is 1.